The van der Waals surface area contributed by atoms with E-state index < -0.39 is 0 Å². The number of rotatable bonds is 3. The number of nitrogens with two attached hydrogens (primary N) is 1. The zero-order valence-corrected chi connectivity index (χ0v) is 13.2. The second-order valence-electron chi connectivity index (χ2n) is 6.06. The van der Waals surface area contributed by atoms with Gasteiger partial charge in [-0.05, 0) is 57.2 Å². The van der Waals surface area contributed by atoms with Crippen LogP contribution in [0.25, 0.3) is 0 Å². The summed E-state index contributed by atoms with van der Waals surface area (Å²) in [7, 11) is 0. The van der Waals surface area contributed by atoms with Gasteiger partial charge in [-0.2, -0.15) is 5.10 Å². The van der Waals surface area contributed by atoms with Gasteiger partial charge in [0.2, 0.25) is 5.95 Å². The minimum Gasteiger partial charge on any atom is -0.382 e. The molecule has 1 fully saturated rings. The van der Waals surface area contributed by atoms with Crippen LogP contribution in [0.2, 0.25) is 0 Å². The molecule has 3 rings (SSSR count). The van der Waals surface area contributed by atoms with Crippen molar-refractivity contribution in [3.05, 3.63) is 35.3 Å². The lowest BCUT2D eigenvalue weighted by molar-refractivity contribution is 0.405. The monoisotopic (exact) mass is 298 g/mol. The van der Waals surface area contributed by atoms with Crippen molar-refractivity contribution in [3.8, 4) is 0 Å². The Morgan fingerprint density at radius 3 is 2.64 bits per heavy atom. The summed E-state index contributed by atoms with van der Waals surface area (Å²) in [4.78, 5) is 11.5. The van der Waals surface area contributed by atoms with Crippen molar-refractivity contribution in [1.29, 1.82) is 0 Å². The van der Waals surface area contributed by atoms with Crippen LogP contribution in [0.3, 0.4) is 0 Å². The van der Waals surface area contributed by atoms with Gasteiger partial charge in [0.1, 0.15) is 5.82 Å². The molecule has 0 radical (unpaired) electrons. The molecule has 0 spiro atoms. The number of hydrogen-bond donors (Lipinski definition) is 1. The Morgan fingerprint density at radius 2 is 1.95 bits per heavy atom. The van der Waals surface area contributed by atoms with Crippen molar-refractivity contribution in [1.82, 2.24) is 20.2 Å². The topological polar surface area (TPSA) is 80.8 Å². The van der Waals surface area contributed by atoms with Gasteiger partial charge in [-0.15, -0.1) is 5.10 Å². The summed E-state index contributed by atoms with van der Waals surface area (Å²) in [5, 5.41) is 8.11. The Morgan fingerprint density at radius 1 is 1.18 bits per heavy atom. The number of aryl methyl sites for hydroxylation is 2. The first-order valence-electron chi connectivity index (χ1n) is 7.75. The minimum absolute atomic E-state index is 0.470. The summed E-state index contributed by atoms with van der Waals surface area (Å²) in [5.74, 6) is 1.87. The van der Waals surface area contributed by atoms with Crippen molar-refractivity contribution >= 4 is 11.8 Å². The van der Waals surface area contributed by atoms with Gasteiger partial charge in [0.25, 0.3) is 0 Å². The van der Waals surface area contributed by atoms with Crippen LogP contribution in [-0.2, 0) is 6.42 Å². The van der Waals surface area contributed by atoms with E-state index in [0.29, 0.717) is 11.7 Å². The van der Waals surface area contributed by atoms with E-state index in [0.717, 1.165) is 49.0 Å². The van der Waals surface area contributed by atoms with E-state index in [1.54, 1.807) is 0 Å². The number of aromatic nitrogens is 4. The molecule has 1 saturated heterocycles. The molecule has 0 bridgehead atoms. The summed E-state index contributed by atoms with van der Waals surface area (Å²) in [5.41, 5.74) is 8.63. The molecule has 6 heteroatoms. The molecule has 22 heavy (non-hydrogen) atoms. The third-order valence-electron chi connectivity index (χ3n) is 4.01. The highest BCUT2D eigenvalue weighted by atomic mass is 15.3. The molecular formula is C16H22N6. The predicted octanol–water partition coefficient (Wildman–Crippen LogP) is 1.92. The van der Waals surface area contributed by atoms with Crippen LogP contribution in [0, 0.1) is 19.8 Å². The number of piperidine rings is 1. The minimum atomic E-state index is 0.470. The van der Waals surface area contributed by atoms with E-state index in [2.05, 4.69) is 25.1 Å². The second-order valence-corrected chi connectivity index (χ2v) is 6.06. The van der Waals surface area contributed by atoms with E-state index in [9.17, 15) is 0 Å². The van der Waals surface area contributed by atoms with E-state index in [4.69, 9.17) is 5.73 Å². The number of nitrogens with zero attached hydrogens (tertiary/aromatic N) is 5. The molecule has 2 aromatic rings. The summed E-state index contributed by atoms with van der Waals surface area (Å²) in [6.07, 6.45) is 3.28. The van der Waals surface area contributed by atoms with Gasteiger partial charge in [-0.1, -0.05) is 0 Å². The van der Waals surface area contributed by atoms with Gasteiger partial charge in [0.15, 0.2) is 0 Å². The van der Waals surface area contributed by atoms with Crippen LogP contribution in [0.5, 0.6) is 0 Å². The fourth-order valence-electron chi connectivity index (χ4n) is 3.04. The molecule has 116 valence electrons. The first-order chi connectivity index (χ1) is 10.6. The largest absolute Gasteiger partial charge is 0.382 e. The van der Waals surface area contributed by atoms with E-state index in [-0.39, 0.29) is 0 Å². The number of nitrogen functional groups attached to an aromatic ring is 1. The number of anilines is 2. The average Bonchev–Trinajstić information content (AvgIpc) is 2.49. The predicted molar refractivity (Wildman–Crippen MR) is 86.6 cm³/mol. The molecule has 0 saturated carbocycles. The molecule has 0 amide bonds. The first-order valence-corrected chi connectivity index (χ1v) is 7.75. The highest BCUT2D eigenvalue weighted by Gasteiger charge is 2.22. The lowest BCUT2D eigenvalue weighted by Gasteiger charge is -2.32. The fourth-order valence-corrected chi connectivity index (χ4v) is 3.04. The molecule has 1 atom stereocenters. The van der Waals surface area contributed by atoms with Crippen molar-refractivity contribution in [2.45, 2.75) is 33.1 Å². The van der Waals surface area contributed by atoms with Crippen molar-refractivity contribution in [2.75, 3.05) is 23.7 Å². The molecular weight excluding hydrogens is 276 g/mol. The highest BCUT2D eigenvalue weighted by Crippen LogP contribution is 2.23. The quantitative estimate of drug-likeness (QED) is 0.932. The molecule has 1 aliphatic rings. The van der Waals surface area contributed by atoms with Gasteiger partial charge < -0.3 is 10.6 Å². The molecule has 0 aromatic carbocycles. The molecule has 0 aliphatic carbocycles. The molecule has 1 unspecified atom stereocenters. The average molecular weight is 298 g/mol. The van der Waals surface area contributed by atoms with Crippen LogP contribution in [-0.4, -0.2) is 33.3 Å². The van der Waals surface area contributed by atoms with Gasteiger partial charge in [-0.25, -0.2) is 9.97 Å². The summed E-state index contributed by atoms with van der Waals surface area (Å²) < 4.78 is 0. The first kappa shape index (κ1) is 14.7. The van der Waals surface area contributed by atoms with Crippen LogP contribution < -0.4 is 10.6 Å². The van der Waals surface area contributed by atoms with Gasteiger partial charge in [0, 0.05) is 24.5 Å². The normalized spacial score (nSPS) is 18.5. The maximum absolute atomic E-state index is 5.59. The van der Waals surface area contributed by atoms with E-state index in [1.807, 2.05) is 32.0 Å². The third-order valence-corrected chi connectivity index (χ3v) is 4.01. The maximum Gasteiger partial charge on any atom is 0.225 e. The Hall–Kier alpha value is -2.24. The second kappa shape index (κ2) is 6.25. The van der Waals surface area contributed by atoms with Crippen molar-refractivity contribution < 1.29 is 0 Å². The molecule has 2 N–H and O–H groups in total. The lowest BCUT2D eigenvalue weighted by Crippen LogP contribution is -2.37. The van der Waals surface area contributed by atoms with E-state index >= 15 is 0 Å². The van der Waals surface area contributed by atoms with Gasteiger partial charge >= 0.3 is 0 Å². The highest BCUT2D eigenvalue weighted by molar-refractivity contribution is 5.33. The third kappa shape index (κ3) is 3.50. The summed E-state index contributed by atoms with van der Waals surface area (Å²) in [6, 6.07) is 5.79. The Bertz CT molecular complexity index is 619. The molecule has 2 aromatic heterocycles. The lowest BCUT2D eigenvalue weighted by atomic mass is 9.93. The zero-order valence-electron chi connectivity index (χ0n) is 13.2. The van der Waals surface area contributed by atoms with Crippen molar-refractivity contribution in [2.24, 2.45) is 5.92 Å². The fraction of sp³-hybridized carbons (Fsp3) is 0.500. The van der Waals surface area contributed by atoms with Crippen LogP contribution in [0.15, 0.2) is 18.2 Å². The van der Waals surface area contributed by atoms with Gasteiger partial charge in [0.05, 0.1) is 5.69 Å². The maximum atomic E-state index is 5.59. The molecule has 3 heterocycles. The molecule has 6 nitrogen and oxygen atoms in total. The van der Waals surface area contributed by atoms with Crippen LogP contribution >= 0.6 is 0 Å². The number of hydrogen-bond acceptors (Lipinski definition) is 6. The molecule has 1 aliphatic heterocycles. The van der Waals surface area contributed by atoms with Crippen molar-refractivity contribution in [3.63, 3.8) is 0 Å². The Kier molecular flexibility index (Phi) is 4.18. The smallest absolute Gasteiger partial charge is 0.225 e. The van der Waals surface area contributed by atoms with Gasteiger partial charge in [-0.3, -0.25) is 0 Å². The Balaban J connectivity index is 1.69. The Labute approximate surface area is 130 Å². The standard InChI is InChI=1S/C16H22N6/c1-11-8-12(2)19-16(18-11)22-7-3-4-13(10-22)9-14-5-6-15(17)21-20-14/h5-6,8,13H,3-4,7,9-10H2,1-2H3,(H2,17,21). The zero-order chi connectivity index (χ0) is 15.5. The summed E-state index contributed by atoms with van der Waals surface area (Å²) >= 11 is 0. The summed E-state index contributed by atoms with van der Waals surface area (Å²) in [6.45, 7) is 6.02. The SMILES string of the molecule is Cc1cc(C)nc(N2CCCC(Cc3ccc(N)nn3)C2)n1. The van der Waals surface area contributed by atoms with E-state index in [1.165, 1.54) is 6.42 Å². The van der Waals surface area contributed by atoms with Crippen LogP contribution in [0.4, 0.5) is 11.8 Å². The van der Waals surface area contributed by atoms with Crippen LogP contribution in [0.1, 0.15) is 29.9 Å².